The van der Waals surface area contributed by atoms with Gasteiger partial charge in [0.25, 0.3) is 0 Å². The predicted molar refractivity (Wildman–Crippen MR) is 135 cm³/mol. The van der Waals surface area contributed by atoms with Crippen LogP contribution in [-0.2, 0) is 19.9 Å². The van der Waals surface area contributed by atoms with Gasteiger partial charge in [0.2, 0.25) is 5.91 Å². The number of hydrogen-bond acceptors (Lipinski definition) is 6. The van der Waals surface area contributed by atoms with Crippen molar-refractivity contribution < 1.29 is 32.6 Å². The number of hydrogen-bond donors (Lipinski definition) is 3. The van der Waals surface area contributed by atoms with Gasteiger partial charge in [-0.15, -0.1) is 0 Å². The lowest BCUT2D eigenvalue weighted by molar-refractivity contribution is -0.192. The minimum Gasteiger partial charge on any atom is -0.475 e. The number of halogens is 4. The molecule has 0 aliphatic carbocycles. The summed E-state index contributed by atoms with van der Waals surface area (Å²) in [6, 6.07) is 7.53. The van der Waals surface area contributed by atoms with E-state index in [9.17, 15) is 18.0 Å². The highest BCUT2D eigenvalue weighted by molar-refractivity contribution is 6.34. The predicted octanol–water partition coefficient (Wildman–Crippen LogP) is 4.22. The van der Waals surface area contributed by atoms with Gasteiger partial charge in [0.15, 0.2) is 11.6 Å². The number of carbonyl (C=O) groups is 2. The van der Waals surface area contributed by atoms with Crippen LogP contribution in [0.15, 0.2) is 42.9 Å². The van der Waals surface area contributed by atoms with Crippen LogP contribution in [0.1, 0.15) is 38.7 Å². The Labute approximate surface area is 226 Å². The van der Waals surface area contributed by atoms with E-state index < -0.39 is 17.7 Å². The molecule has 2 aliphatic heterocycles. The van der Waals surface area contributed by atoms with Crippen molar-refractivity contribution in [3.8, 4) is 11.1 Å². The van der Waals surface area contributed by atoms with Crippen molar-refractivity contribution in [3.05, 3.63) is 53.4 Å². The maximum Gasteiger partial charge on any atom is 0.490 e. The Morgan fingerprint density at radius 1 is 1.31 bits per heavy atom. The van der Waals surface area contributed by atoms with Gasteiger partial charge < -0.3 is 15.2 Å². The lowest BCUT2D eigenvalue weighted by atomic mass is 9.84. The molecule has 2 saturated heterocycles. The molecule has 208 valence electrons. The van der Waals surface area contributed by atoms with E-state index in [4.69, 9.17) is 31.6 Å². The highest BCUT2D eigenvalue weighted by Gasteiger charge is 2.44. The molecule has 2 aliphatic rings. The zero-order valence-corrected chi connectivity index (χ0v) is 21.8. The first-order valence-electron chi connectivity index (χ1n) is 12.0. The van der Waals surface area contributed by atoms with Gasteiger partial charge in [-0.25, -0.2) is 14.3 Å². The second-order valence-corrected chi connectivity index (χ2v) is 9.90. The maximum atomic E-state index is 13.2. The molecule has 39 heavy (non-hydrogen) atoms. The Hall–Kier alpha value is -3.71. The third-order valence-electron chi connectivity index (χ3n) is 6.64. The van der Waals surface area contributed by atoms with E-state index in [-0.39, 0.29) is 30.4 Å². The van der Waals surface area contributed by atoms with Gasteiger partial charge in [-0.3, -0.25) is 15.1 Å². The summed E-state index contributed by atoms with van der Waals surface area (Å²) >= 11 is 6.91. The lowest BCUT2D eigenvalue weighted by Crippen LogP contribution is -2.63. The summed E-state index contributed by atoms with van der Waals surface area (Å²) < 4.78 is 39.1. The summed E-state index contributed by atoms with van der Waals surface area (Å²) in [5.41, 5.74) is 2.28. The quantitative estimate of drug-likeness (QED) is 0.432. The Morgan fingerprint density at radius 2 is 2.03 bits per heavy atom. The Morgan fingerprint density at radius 3 is 2.67 bits per heavy atom. The van der Waals surface area contributed by atoms with Crippen molar-refractivity contribution >= 4 is 35.1 Å². The molecule has 0 bridgehead atoms. The fourth-order valence-electron chi connectivity index (χ4n) is 4.82. The van der Waals surface area contributed by atoms with Gasteiger partial charge in [-0.05, 0) is 38.3 Å². The molecule has 2 aromatic heterocycles. The minimum atomic E-state index is -5.08. The van der Waals surface area contributed by atoms with Crippen molar-refractivity contribution in [3.63, 3.8) is 0 Å². The Balaban J connectivity index is 0.000000448. The number of aliphatic carboxylic acids is 1. The minimum absolute atomic E-state index is 0.0255. The van der Waals surface area contributed by atoms with E-state index in [1.807, 2.05) is 44.3 Å². The molecule has 3 N–H and O–H groups in total. The molecule has 0 unspecified atom stereocenters. The molecular weight excluding hydrogens is 541 g/mol. The number of carboxylic acids is 1. The fourth-order valence-corrected chi connectivity index (χ4v) is 5.26. The number of ether oxygens (including phenoxy) is 1. The summed E-state index contributed by atoms with van der Waals surface area (Å²) in [6.45, 7) is 4.52. The van der Waals surface area contributed by atoms with E-state index in [0.29, 0.717) is 17.3 Å². The number of carbonyl (C=O) groups excluding carboxylic acids is 1. The molecule has 0 saturated carbocycles. The molecule has 3 atom stereocenters. The molecule has 1 aromatic carbocycles. The van der Waals surface area contributed by atoms with Gasteiger partial charge in [0.1, 0.15) is 0 Å². The molecule has 14 heteroatoms. The summed E-state index contributed by atoms with van der Waals surface area (Å²) in [7, 11) is 0. The first-order valence-corrected chi connectivity index (χ1v) is 12.4. The number of aromatic nitrogens is 3. The zero-order valence-electron chi connectivity index (χ0n) is 21.0. The van der Waals surface area contributed by atoms with Crippen LogP contribution in [-0.4, -0.2) is 67.4 Å². The third kappa shape index (κ3) is 5.83. The first kappa shape index (κ1) is 28.3. The highest BCUT2D eigenvalue weighted by Crippen LogP contribution is 2.40. The lowest BCUT2D eigenvalue weighted by Gasteiger charge is -2.45. The van der Waals surface area contributed by atoms with Gasteiger partial charge in [0.05, 0.1) is 29.3 Å². The van der Waals surface area contributed by atoms with Crippen LogP contribution in [0.5, 0.6) is 0 Å². The van der Waals surface area contributed by atoms with Crippen LogP contribution in [0.4, 0.5) is 13.2 Å². The summed E-state index contributed by atoms with van der Waals surface area (Å²) in [5, 5.41) is 23.9. The Bertz CT molecular complexity index is 1390. The summed E-state index contributed by atoms with van der Waals surface area (Å²) in [4.78, 5) is 28.2. The highest BCUT2D eigenvalue weighted by atomic mass is 35.5. The Kier molecular flexibility index (Phi) is 7.84. The number of benzene rings is 1. The number of fused-ring (bicyclic) bond motifs is 1. The van der Waals surface area contributed by atoms with Crippen molar-refractivity contribution in [2.45, 2.75) is 57.0 Å². The number of alkyl halides is 3. The first-order chi connectivity index (χ1) is 18.3. The van der Waals surface area contributed by atoms with E-state index in [2.05, 4.69) is 15.4 Å². The number of nitrogens with one attached hydrogen (secondary N) is 2. The molecule has 5 rings (SSSR count). The molecule has 2 fully saturated rings. The molecular formula is C25H26ClF3N6O4. The van der Waals surface area contributed by atoms with Gasteiger partial charge >= 0.3 is 12.1 Å². The van der Waals surface area contributed by atoms with Gasteiger partial charge in [-0.1, -0.05) is 29.8 Å². The molecule has 3 aromatic rings. The van der Waals surface area contributed by atoms with Crippen LogP contribution >= 0.6 is 11.6 Å². The van der Waals surface area contributed by atoms with E-state index in [1.54, 1.807) is 21.8 Å². The van der Waals surface area contributed by atoms with E-state index in [0.717, 1.165) is 29.5 Å². The SMILES string of the molecule is C[C@H]1C[C@@H](N2C(=N)N[C@](C)(c3cccc(-c4cnn5cccnc45)c3Cl)CC2=O)CCO1.O=C(O)C(F)(F)F. The number of rotatable bonds is 3. The fraction of sp³-hybridized carbons (Fsp3) is 0.400. The monoisotopic (exact) mass is 566 g/mol. The number of amides is 1. The average Bonchev–Trinajstić information content (AvgIpc) is 3.27. The molecule has 4 heterocycles. The zero-order chi connectivity index (χ0) is 28.5. The maximum absolute atomic E-state index is 13.2. The molecule has 0 radical (unpaired) electrons. The number of guanidine groups is 1. The normalized spacial score (nSPS) is 23.7. The smallest absolute Gasteiger partial charge is 0.475 e. The van der Waals surface area contributed by atoms with Crippen LogP contribution in [0, 0.1) is 5.41 Å². The van der Waals surface area contributed by atoms with Crippen molar-refractivity contribution in [2.24, 2.45) is 0 Å². The number of carboxylic acid groups (broad SMARTS) is 1. The van der Waals surface area contributed by atoms with Crippen molar-refractivity contribution in [1.82, 2.24) is 24.8 Å². The summed E-state index contributed by atoms with van der Waals surface area (Å²) in [6.07, 6.45) is 1.95. The largest absolute Gasteiger partial charge is 0.490 e. The van der Waals surface area contributed by atoms with E-state index in [1.165, 1.54) is 0 Å². The second kappa shape index (κ2) is 10.8. The standard InChI is InChI=1S/C23H25ClN6O2.C2HF3O2/c1-14-11-15(7-10-32-14)30-19(31)12-23(2,28-22(30)25)18-6-3-5-16(20(18)24)17-13-27-29-9-4-8-26-21(17)29;3-2(4,5)1(6)7/h3-6,8-9,13-15H,7,10-12H2,1-2H3,(H2,25,28);(H,6,7)/t14-,15-,23-;/m0./s1. The molecule has 10 nitrogen and oxygen atoms in total. The van der Waals surface area contributed by atoms with Crippen molar-refractivity contribution in [1.29, 1.82) is 5.41 Å². The van der Waals surface area contributed by atoms with Crippen LogP contribution in [0.2, 0.25) is 5.02 Å². The van der Waals surface area contributed by atoms with Gasteiger partial charge in [-0.2, -0.15) is 18.3 Å². The average molecular weight is 567 g/mol. The topological polar surface area (TPSA) is 133 Å². The van der Waals surface area contributed by atoms with Crippen LogP contribution in [0.25, 0.3) is 16.8 Å². The number of nitrogens with zero attached hydrogens (tertiary/aromatic N) is 4. The molecule has 0 spiro atoms. The second-order valence-electron chi connectivity index (χ2n) is 9.52. The molecule has 1 amide bonds. The van der Waals surface area contributed by atoms with E-state index >= 15 is 0 Å². The van der Waals surface area contributed by atoms with Gasteiger partial charge in [0, 0.05) is 36.2 Å². The summed E-state index contributed by atoms with van der Waals surface area (Å²) in [5.74, 6) is -2.72. The van der Waals surface area contributed by atoms with Crippen LogP contribution in [0.3, 0.4) is 0 Å². The van der Waals surface area contributed by atoms with Crippen LogP contribution < -0.4 is 5.32 Å². The van der Waals surface area contributed by atoms with Crippen molar-refractivity contribution in [2.75, 3.05) is 6.61 Å². The third-order valence-corrected chi connectivity index (χ3v) is 7.04.